The molecule has 0 aliphatic carbocycles. The minimum atomic E-state index is -0.131. The first-order valence-corrected chi connectivity index (χ1v) is 15.6. The summed E-state index contributed by atoms with van der Waals surface area (Å²) in [5.41, 5.74) is 2.68. The number of carbonyl (C=O) groups excluding carboxylic acids is 1. The topological polar surface area (TPSA) is 35.5 Å². The molecule has 0 aliphatic heterocycles. The summed E-state index contributed by atoms with van der Waals surface area (Å²) in [5.74, 6) is 0.589. The van der Waals surface area contributed by atoms with E-state index in [4.69, 9.17) is 9.47 Å². The van der Waals surface area contributed by atoms with Gasteiger partial charge < -0.3 is 14.0 Å². The van der Waals surface area contributed by atoms with Gasteiger partial charge in [0.1, 0.15) is 25.0 Å². The van der Waals surface area contributed by atoms with Gasteiger partial charge in [-0.05, 0) is 37.0 Å². The fraction of sp³-hybridized carbons (Fsp3) is 0.629. The van der Waals surface area contributed by atoms with Crippen LogP contribution < -0.4 is 4.74 Å². The molecule has 2 unspecified atom stereocenters. The lowest BCUT2D eigenvalue weighted by Crippen LogP contribution is -2.40. The third-order valence-electron chi connectivity index (χ3n) is 7.69. The molecule has 2 aromatic rings. The van der Waals surface area contributed by atoms with Crippen molar-refractivity contribution in [3.8, 4) is 5.75 Å². The lowest BCUT2D eigenvalue weighted by atomic mass is 10.0. The van der Waals surface area contributed by atoms with Crippen molar-refractivity contribution >= 4 is 5.97 Å². The molecule has 0 fully saturated rings. The van der Waals surface area contributed by atoms with Crippen LogP contribution in [0.25, 0.3) is 0 Å². The van der Waals surface area contributed by atoms with Crippen molar-refractivity contribution in [3.63, 3.8) is 0 Å². The Kier molecular flexibility index (Phi) is 15.9. The number of rotatable bonds is 21. The highest BCUT2D eigenvalue weighted by Crippen LogP contribution is 2.19. The van der Waals surface area contributed by atoms with Gasteiger partial charge in [0.15, 0.2) is 0 Å². The van der Waals surface area contributed by atoms with Crippen molar-refractivity contribution in [2.45, 2.75) is 110 Å². The maximum atomic E-state index is 12.7. The first-order chi connectivity index (χ1) is 18.8. The van der Waals surface area contributed by atoms with Crippen molar-refractivity contribution in [3.05, 3.63) is 65.7 Å². The fourth-order valence-electron chi connectivity index (χ4n) is 4.94. The summed E-state index contributed by atoms with van der Waals surface area (Å²) >= 11 is 0. The fourth-order valence-corrected chi connectivity index (χ4v) is 4.94. The molecule has 4 heteroatoms. The summed E-state index contributed by atoms with van der Waals surface area (Å²) in [5, 5.41) is 0. The molecule has 0 spiro atoms. The average molecular weight is 539 g/mol. The van der Waals surface area contributed by atoms with E-state index < -0.39 is 0 Å². The predicted octanol–water partition coefficient (Wildman–Crippen LogP) is 8.76. The number of carbonyl (C=O) groups is 1. The minimum absolute atomic E-state index is 0.129. The van der Waals surface area contributed by atoms with E-state index in [1.807, 2.05) is 13.0 Å². The zero-order valence-corrected chi connectivity index (χ0v) is 25.6. The summed E-state index contributed by atoms with van der Waals surface area (Å²) in [6.07, 6.45) is 14.8. The number of esters is 1. The summed E-state index contributed by atoms with van der Waals surface area (Å²) in [4.78, 5) is 12.7. The van der Waals surface area contributed by atoms with Crippen molar-refractivity contribution in [2.24, 2.45) is 5.92 Å². The van der Waals surface area contributed by atoms with Gasteiger partial charge >= 0.3 is 5.97 Å². The summed E-state index contributed by atoms with van der Waals surface area (Å²) in [7, 11) is 4.43. The lowest BCUT2D eigenvalue weighted by molar-refractivity contribution is -0.904. The number of aryl methyl sites for hydroxylation is 1. The molecule has 39 heavy (non-hydrogen) atoms. The Labute approximate surface area is 239 Å². The van der Waals surface area contributed by atoms with Crippen LogP contribution >= 0.6 is 0 Å². The smallest absolute Gasteiger partial charge is 0.309 e. The number of nitrogens with zero attached hydrogens (tertiary/aromatic N) is 1. The van der Waals surface area contributed by atoms with Gasteiger partial charge in [0.25, 0.3) is 0 Å². The second-order valence-electron chi connectivity index (χ2n) is 12.0. The quantitative estimate of drug-likeness (QED) is 0.0905. The summed E-state index contributed by atoms with van der Waals surface area (Å²) < 4.78 is 12.7. The molecule has 4 nitrogen and oxygen atoms in total. The standard InChI is InChI=1S/C35H56NO3/c1-6-8-9-10-11-12-13-14-16-19-31-22-24-34(25-23-31)39-33(7-2)29-38-35(37)30(3)26-27-36(4,5)28-32-20-17-15-18-21-32/h15,17-18,20-25,30,33H,6-14,16,19,26-29H2,1-5H3/q+1. The maximum absolute atomic E-state index is 12.7. The Morgan fingerprint density at radius 3 is 2.03 bits per heavy atom. The molecule has 0 N–H and O–H groups in total. The van der Waals surface area contributed by atoms with Crippen LogP contribution in [0.5, 0.6) is 5.75 Å². The van der Waals surface area contributed by atoms with Gasteiger partial charge in [-0.15, -0.1) is 0 Å². The van der Waals surface area contributed by atoms with Gasteiger partial charge in [-0.3, -0.25) is 4.79 Å². The van der Waals surface area contributed by atoms with Crippen LogP contribution in [0.4, 0.5) is 0 Å². The molecule has 0 amide bonds. The van der Waals surface area contributed by atoms with Gasteiger partial charge in [-0.2, -0.15) is 0 Å². The van der Waals surface area contributed by atoms with Gasteiger partial charge in [-0.25, -0.2) is 0 Å². The number of benzene rings is 2. The highest BCUT2D eigenvalue weighted by molar-refractivity contribution is 5.71. The Hall–Kier alpha value is -2.33. The number of quaternary nitrogens is 1. The second kappa shape index (κ2) is 18.9. The van der Waals surface area contributed by atoms with E-state index in [2.05, 4.69) is 76.5 Å². The Bertz CT molecular complexity index is 894. The average Bonchev–Trinajstić information content (AvgIpc) is 2.94. The molecule has 2 aromatic carbocycles. The van der Waals surface area contributed by atoms with Crippen LogP contribution in [-0.2, 0) is 22.5 Å². The van der Waals surface area contributed by atoms with Gasteiger partial charge in [0.2, 0.25) is 0 Å². The Balaban J connectivity index is 1.64. The molecule has 0 bridgehead atoms. The molecule has 0 saturated heterocycles. The monoisotopic (exact) mass is 538 g/mol. The SMILES string of the molecule is CCCCCCCCCCCc1ccc(OC(CC)COC(=O)C(C)CC[N+](C)(C)Cc2ccccc2)cc1. The summed E-state index contributed by atoms with van der Waals surface area (Å²) in [6, 6.07) is 19.0. The normalized spacial score (nSPS) is 13.2. The van der Waals surface area contributed by atoms with Crippen LogP contribution in [0.1, 0.15) is 103 Å². The zero-order chi connectivity index (χ0) is 28.3. The van der Waals surface area contributed by atoms with E-state index in [9.17, 15) is 4.79 Å². The van der Waals surface area contributed by atoms with E-state index in [-0.39, 0.29) is 18.0 Å². The molecule has 0 radical (unpaired) electrons. The minimum Gasteiger partial charge on any atom is -0.487 e. The number of unbranched alkanes of at least 4 members (excludes halogenated alkanes) is 8. The third kappa shape index (κ3) is 14.6. The number of hydrogen-bond acceptors (Lipinski definition) is 3. The zero-order valence-electron chi connectivity index (χ0n) is 25.6. The molecule has 218 valence electrons. The number of ether oxygens (including phenoxy) is 2. The molecule has 2 rings (SSSR count). The molecule has 0 aromatic heterocycles. The van der Waals surface area contributed by atoms with E-state index in [1.165, 1.54) is 68.9 Å². The second-order valence-corrected chi connectivity index (χ2v) is 12.0. The maximum Gasteiger partial charge on any atom is 0.309 e. The number of hydrogen-bond donors (Lipinski definition) is 0. The molecule has 0 aliphatic rings. The predicted molar refractivity (Wildman–Crippen MR) is 164 cm³/mol. The van der Waals surface area contributed by atoms with Crippen molar-refractivity contribution in [2.75, 3.05) is 27.2 Å². The Morgan fingerprint density at radius 2 is 1.41 bits per heavy atom. The third-order valence-corrected chi connectivity index (χ3v) is 7.69. The largest absolute Gasteiger partial charge is 0.487 e. The Morgan fingerprint density at radius 1 is 0.795 bits per heavy atom. The van der Waals surface area contributed by atoms with Crippen molar-refractivity contribution in [1.29, 1.82) is 0 Å². The van der Waals surface area contributed by atoms with Crippen LogP contribution in [-0.4, -0.2) is 43.8 Å². The molecular weight excluding hydrogens is 482 g/mol. The van der Waals surface area contributed by atoms with Gasteiger partial charge in [-0.1, -0.05) is 115 Å². The van der Waals surface area contributed by atoms with Crippen molar-refractivity contribution in [1.82, 2.24) is 0 Å². The lowest BCUT2D eigenvalue weighted by Gasteiger charge is -2.30. The van der Waals surface area contributed by atoms with Crippen LogP contribution in [0.3, 0.4) is 0 Å². The molecule has 0 heterocycles. The summed E-state index contributed by atoms with van der Waals surface area (Å²) in [6.45, 7) is 8.48. The van der Waals surface area contributed by atoms with E-state index in [1.54, 1.807) is 0 Å². The first kappa shape index (κ1) is 32.9. The van der Waals surface area contributed by atoms with Crippen molar-refractivity contribution < 1.29 is 18.8 Å². The molecule has 0 saturated carbocycles. The van der Waals surface area contributed by atoms with E-state index in [0.29, 0.717) is 6.61 Å². The van der Waals surface area contributed by atoms with E-state index >= 15 is 0 Å². The van der Waals surface area contributed by atoms with E-state index in [0.717, 1.165) is 42.6 Å². The van der Waals surface area contributed by atoms with Crippen LogP contribution in [0, 0.1) is 5.92 Å². The van der Waals surface area contributed by atoms with Crippen LogP contribution in [0.15, 0.2) is 54.6 Å². The molecule has 2 atom stereocenters. The van der Waals surface area contributed by atoms with Gasteiger partial charge in [0, 0.05) is 12.0 Å². The first-order valence-electron chi connectivity index (χ1n) is 15.6. The van der Waals surface area contributed by atoms with Gasteiger partial charge in [0.05, 0.1) is 26.6 Å². The highest BCUT2D eigenvalue weighted by atomic mass is 16.6. The highest BCUT2D eigenvalue weighted by Gasteiger charge is 2.22. The molecular formula is C35H56NO3+. The van der Waals surface area contributed by atoms with Crippen LogP contribution in [0.2, 0.25) is 0 Å².